The van der Waals surface area contributed by atoms with Gasteiger partial charge in [-0.3, -0.25) is 4.99 Å². The number of guanidine groups is 1. The fraction of sp³-hybridized carbons (Fsp3) is 0.409. The van der Waals surface area contributed by atoms with Crippen LogP contribution in [0.5, 0.6) is 5.75 Å². The van der Waals surface area contributed by atoms with Crippen LogP contribution in [0.2, 0.25) is 0 Å². The Morgan fingerprint density at radius 3 is 2.39 bits per heavy atom. The van der Waals surface area contributed by atoms with E-state index < -0.39 is 6.36 Å². The lowest BCUT2D eigenvalue weighted by Gasteiger charge is -2.16. The van der Waals surface area contributed by atoms with E-state index in [-0.39, 0.29) is 12.3 Å². The number of nitrogens with zero attached hydrogens (tertiary/aromatic N) is 1. The summed E-state index contributed by atoms with van der Waals surface area (Å²) in [6.07, 6.45) is -4.74. The first-order chi connectivity index (χ1) is 14.9. The van der Waals surface area contributed by atoms with E-state index >= 15 is 0 Å². The molecule has 0 heterocycles. The molecule has 0 atom stereocenters. The molecule has 0 aliphatic carbocycles. The van der Waals surface area contributed by atoms with Crippen molar-refractivity contribution in [2.75, 3.05) is 26.9 Å². The van der Waals surface area contributed by atoms with Gasteiger partial charge >= 0.3 is 6.36 Å². The van der Waals surface area contributed by atoms with Crippen molar-refractivity contribution < 1.29 is 27.4 Å². The Bertz CT molecular complexity index is 829. The monoisotopic (exact) mass is 439 g/mol. The molecule has 9 heteroatoms. The number of benzene rings is 2. The van der Waals surface area contributed by atoms with Gasteiger partial charge in [-0.15, -0.1) is 13.2 Å². The van der Waals surface area contributed by atoms with Gasteiger partial charge < -0.3 is 24.8 Å². The molecule has 2 rings (SSSR count). The van der Waals surface area contributed by atoms with Gasteiger partial charge in [0, 0.05) is 32.3 Å². The molecule has 0 amide bonds. The number of para-hydroxylation sites is 1. The Hall–Kier alpha value is -2.78. The summed E-state index contributed by atoms with van der Waals surface area (Å²) < 4.78 is 52.6. The summed E-state index contributed by atoms with van der Waals surface area (Å²) >= 11 is 0. The topological polar surface area (TPSA) is 64.1 Å². The van der Waals surface area contributed by atoms with Gasteiger partial charge in [0.2, 0.25) is 0 Å². The molecule has 2 aromatic carbocycles. The molecular weight excluding hydrogens is 411 g/mol. The van der Waals surface area contributed by atoms with E-state index in [9.17, 15) is 13.2 Å². The highest BCUT2D eigenvalue weighted by Gasteiger charge is 2.31. The van der Waals surface area contributed by atoms with Gasteiger partial charge in [-0.2, -0.15) is 0 Å². The van der Waals surface area contributed by atoms with Crippen molar-refractivity contribution in [2.24, 2.45) is 4.99 Å². The summed E-state index contributed by atoms with van der Waals surface area (Å²) in [5, 5.41) is 6.15. The zero-order chi connectivity index (χ0) is 22.5. The zero-order valence-electron chi connectivity index (χ0n) is 17.7. The smallest absolute Gasteiger partial charge is 0.405 e. The maximum absolute atomic E-state index is 12.6. The Balaban J connectivity index is 1.85. The first-order valence-electron chi connectivity index (χ1n) is 9.92. The molecule has 0 aliphatic heterocycles. The second-order valence-electron chi connectivity index (χ2n) is 6.50. The van der Waals surface area contributed by atoms with Crippen molar-refractivity contribution in [3.05, 3.63) is 65.2 Å². The molecule has 31 heavy (non-hydrogen) atoms. The molecule has 0 saturated carbocycles. The van der Waals surface area contributed by atoms with Crippen LogP contribution < -0.4 is 15.4 Å². The molecule has 0 aliphatic rings. The minimum absolute atomic E-state index is 0.125. The van der Waals surface area contributed by atoms with E-state index in [1.807, 2.05) is 31.2 Å². The van der Waals surface area contributed by atoms with Crippen molar-refractivity contribution in [1.82, 2.24) is 10.6 Å². The van der Waals surface area contributed by atoms with E-state index in [0.29, 0.717) is 44.5 Å². The molecule has 0 fully saturated rings. The summed E-state index contributed by atoms with van der Waals surface area (Å²) in [7, 11) is 1.59. The lowest BCUT2D eigenvalue weighted by atomic mass is 10.1. The Labute approximate surface area is 180 Å². The largest absolute Gasteiger partial charge is 0.573 e. The Morgan fingerprint density at radius 1 is 0.935 bits per heavy atom. The van der Waals surface area contributed by atoms with Crippen LogP contribution in [-0.4, -0.2) is 39.2 Å². The normalized spacial score (nSPS) is 12.0. The third-order valence-corrected chi connectivity index (χ3v) is 4.16. The van der Waals surface area contributed by atoms with Gasteiger partial charge in [0.15, 0.2) is 5.96 Å². The van der Waals surface area contributed by atoms with E-state index in [4.69, 9.17) is 9.47 Å². The minimum atomic E-state index is -4.74. The lowest BCUT2D eigenvalue weighted by Crippen LogP contribution is -2.36. The summed E-state index contributed by atoms with van der Waals surface area (Å²) in [5.74, 6) is 0.218. The number of ether oxygens (including phenoxy) is 3. The standard InChI is InChI=1S/C22H28F3N3O3/c1-3-29-11-12-30-16-18-8-6-7-17(13-18)14-27-21(26-2)28-15-19-9-4-5-10-20(19)31-22(23,24)25/h4-10,13H,3,11-12,14-16H2,1-2H3,(H2,26,27,28). The maximum atomic E-state index is 12.6. The van der Waals surface area contributed by atoms with Crippen LogP contribution >= 0.6 is 0 Å². The summed E-state index contributed by atoms with van der Waals surface area (Å²) in [6.45, 7) is 4.81. The molecule has 6 nitrogen and oxygen atoms in total. The van der Waals surface area contributed by atoms with Crippen LogP contribution in [0.1, 0.15) is 23.6 Å². The average molecular weight is 439 g/mol. The van der Waals surface area contributed by atoms with Gasteiger partial charge in [0.1, 0.15) is 5.75 Å². The highest BCUT2D eigenvalue weighted by Crippen LogP contribution is 2.26. The molecule has 0 radical (unpaired) electrons. The maximum Gasteiger partial charge on any atom is 0.573 e. The molecule has 170 valence electrons. The van der Waals surface area contributed by atoms with Gasteiger partial charge in [0.05, 0.1) is 19.8 Å². The first-order valence-corrected chi connectivity index (χ1v) is 9.92. The predicted molar refractivity (Wildman–Crippen MR) is 113 cm³/mol. The lowest BCUT2D eigenvalue weighted by molar-refractivity contribution is -0.274. The number of hydrogen-bond donors (Lipinski definition) is 2. The fourth-order valence-electron chi connectivity index (χ4n) is 2.74. The number of hydrogen-bond acceptors (Lipinski definition) is 4. The molecule has 2 aromatic rings. The van der Waals surface area contributed by atoms with Crippen molar-refractivity contribution in [3.63, 3.8) is 0 Å². The first kappa shape index (κ1) is 24.5. The van der Waals surface area contributed by atoms with Crippen molar-refractivity contribution >= 4 is 5.96 Å². The number of halogens is 3. The van der Waals surface area contributed by atoms with Crippen LogP contribution in [0, 0.1) is 0 Å². The number of alkyl halides is 3. The van der Waals surface area contributed by atoms with Crippen LogP contribution in [-0.2, 0) is 29.2 Å². The summed E-state index contributed by atoms with van der Waals surface area (Å²) in [4.78, 5) is 4.12. The second-order valence-corrected chi connectivity index (χ2v) is 6.50. The molecule has 0 unspecified atom stereocenters. The molecule has 0 bridgehead atoms. The van der Waals surface area contributed by atoms with Crippen LogP contribution in [0.25, 0.3) is 0 Å². The molecule has 0 aromatic heterocycles. The van der Waals surface area contributed by atoms with Crippen LogP contribution in [0.3, 0.4) is 0 Å². The fourth-order valence-corrected chi connectivity index (χ4v) is 2.74. The zero-order valence-corrected chi connectivity index (χ0v) is 17.7. The SMILES string of the molecule is CCOCCOCc1cccc(CNC(=NC)NCc2ccccc2OC(F)(F)F)c1. The summed E-state index contributed by atoms with van der Waals surface area (Å²) in [5.41, 5.74) is 2.43. The quantitative estimate of drug-likeness (QED) is 0.315. The molecule has 2 N–H and O–H groups in total. The van der Waals surface area contributed by atoms with Crippen molar-refractivity contribution in [1.29, 1.82) is 0 Å². The number of aliphatic imine (C=N–C) groups is 1. The Morgan fingerprint density at radius 2 is 1.65 bits per heavy atom. The van der Waals surface area contributed by atoms with Crippen LogP contribution in [0.4, 0.5) is 13.2 Å². The van der Waals surface area contributed by atoms with Gasteiger partial charge in [-0.05, 0) is 24.1 Å². The average Bonchev–Trinajstić information content (AvgIpc) is 2.74. The minimum Gasteiger partial charge on any atom is -0.405 e. The van der Waals surface area contributed by atoms with Gasteiger partial charge in [-0.25, -0.2) is 0 Å². The third kappa shape index (κ3) is 9.71. The van der Waals surface area contributed by atoms with Gasteiger partial charge in [0.25, 0.3) is 0 Å². The number of rotatable bonds is 11. The predicted octanol–water partition coefficient (Wildman–Crippen LogP) is 4.00. The van der Waals surface area contributed by atoms with Crippen molar-refractivity contribution in [2.45, 2.75) is 33.0 Å². The molecular formula is C22H28F3N3O3. The molecule has 0 spiro atoms. The van der Waals surface area contributed by atoms with Crippen LogP contribution in [0.15, 0.2) is 53.5 Å². The number of nitrogens with one attached hydrogen (secondary N) is 2. The van der Waals surface area contributed by atoms with Gasteiger partial charge in [-0.1, -0.05) is 42.5 Å². The van der Waals surface area contributed by atoms with Crippen molar-refractivity contribution in [3.8, 4) is 5.75 Å². The third-order valence-electron chi connectivity index (χ3n) is 4.16. The van der Waals surface area contributed by atoms with E-state index in [2.05, 4.69) is 20.4 Å². The highest BCUT2D eigenvalue weighted by molar-refractivity contribution is 5.79. The van der Waals surface area contributed by atoms with E-state index in [0.717, 1.165) is 11.1 Å². The van der Waals surface area contributed by atoms with E-state index in [1.165, 1.54) is 12.1 Å². The summed E-state index contributed by atoms with van der Waals surface area (Å²) in [6, 6.07) is 13.9. The highest BCUT2D eigenvalue weighted by atomic mass is 19.4. The Kier molecular flexibility index (Phi) is 10.1. The second kappa shape index (κ2) is 12.8. The van der Waals surface area contributed by atoms with E-state index in [1.54, 1.807) is 19.2 Å². The molecule has 0 saturated heterocycles.